The van der Waals surface area contributed by atoms with Crippen molar-refractivity contribution in [3.63, 3.8) is 0 Å². The fraction of sp³-hybridized carbons (Fsp3) is 0.450. The Morgan fingerprint density at radius 3 is 2.49 bits per heavy atom. The van der Waals surface area contributed by atoms with Crippen molar-refractivity contribution in [2.24, 2.45) is 5.92 Å². The Morgan fingerprint density at radius 2 is 1.75 bits per heavy atom. The highest BCUT2D eigenvalue weighted by molar-refractivity contribution is 7.90. The van der Waals surface area contributed by atoms with Gasteiger partial charge in [0.15, 0.2) is 11.4 Å². The molecule has 5 aliphatic rings. The molecule has 11 rings (SSSR count). The number of piperazine rings is 1. The molecule has 5 heterocycles. The summed E-state index contributed by atoms with van der Waals surface area (Å²) in [7, 11) is -1.55. The molecule has 4 aromatic carbocycles. The average molecular weight is 1100 g/mol. The van der Waals surface area contributed by atoms with E-state index in [-0.39, 0.29) is 68.7 Å². The molecule has 2 aliphatic carbocycles. The van der Waals surface area contributed by atoms with Crippen LogP contribution in [-0.2, 0) is 27.7 Å². The Labute approximate surface area is 462 Å². The fourth-order valence-electron chi connectivity index (χ4n) is 12.1. The number of aromatic amines is 1. The molecular formula is C60H72FN9O8S. The number of allylic oxidation sites excluding steroid dienone is 1. The van der Waals surface area contributed by atoms with E-state index in [1.807, 2.05) is 0 Å². The SMILES string of the molecule is CCOc1nc2c(cc1Oc1cc(N3CCC(N4CCN(Cc5ccc(C6CC6)c(OC)c5)C[C@H]4c4ccccc4C(C)C)CC3)ccc1C(=O)NS(=O)(=O)c1cc([NH+](C)[O-])c(NCC3CCOCC3)c3[nH]cnc13)C(F)=CC2. The zero-order chi connectivity index (χ0) is 55.0. The number of methoxy groups -OCH3 is 1. The molecule has 1 amide bonds. The highest BCUT2D eigenvalue weighted by Crippen LogP contribution is 2.45. The number of halogens is 1. The summed E-state index contributed by atoms with van der Waals surface area (Å²) in [6, 6.07) is 24.0. The van der Waals surface area contributed by atoms with Gasteiger partial charge in [-0.15, -0.1) is 0 Å². The zero-order valence-corrected chi connectivity index (χ0v) is 46.6. The number of carbonyl (C=O) groups excluding carboxylic acids is 1. The van der Waals surface area contributed by atoms with Crippen LogP contribution in [0.15, 0.2) is 90.1 Å². The van der Waals surface area contributed by atoms with Gasteiger partial charge in [0.05, 0.1) is 43.9 Å². The summed E-state index contributed by atoms with van der Waals surface area (Å²) < 4.78 is 70.4. The number of amides is 1. The van der Waals surface area contributed by atoms with Gasteiger partial charge in [-0.1, -0.05) is 50.2 Å². The lowest BCUT2D eigenvalue weighted by Crippen LogP contribution is -2.98. The minimum atomic E-state index is -4.69. The third kappa shape index (κ3) is 11.6. The van der Waals surface area contributed by atoms with Crippen LogP contribution in [0, 0.1) is 11.1 Å². The van der Waals surface area contributed by atoms with E-state index in [0.717, 1.165) is 63.3 Å². The summed E-state index contributed by atoms with van der Waals surface area (Å²) in [5, 5.41) is 16.2. The molecule has 2 atom stereocenters. The number of anilines is 2. The smallest absolute Gasteiger partial charge is 0.268 e. The first-order valence-electron chi connectivity index (χ1n) is 28.0. The van der Waals surface area contributed by atoms with Crippen LogP contribution in [0.5, 0.6) is 23.1 Å². The van der Waals surface area contributed by atoms with Gasteiger partial charge in [0.25, 0.3) is 21.8 Å². The van der Waals surface area contributed by atoms with Crippen molar-refractivity contribution in [3.8, 4) is 23.1 Å². The molecule has 6 aromatic rings. The number of imidazole rings is 1. The lowest BCUT2D eigenvalue weighted by Gasteiger charge is -2.48. The zero-order valence-electron chi connectivity index (χ0n) is 45.8. The molecule has 3 saturated heterocycles. The van der Waals surface area contributed by atoms with Crippen LogP contribution in [0.1, 0.15) is 121 Å². The number of aromatic nitrogens is 3. The van der Waals surface area contributed by atoms with E-state index in [9.17, 15) is 18.4 Å². The van der Waals surface area contributed by atoms with Gasteiger partial charge in [0.1, 0.15) is 33.4 Å². The molecule has 0 spiro atoms. The third-order valence-electron chi connectivity index (χ3n) is 16.5. The average Bonchev–Trinajstić information content (AvgIpc) is 4.22. The molecule has 1 saturated carbocycles. The van der Waals surface area contributed by atoms with E-state index in [0.29, 0.717) is 73.5 Å². The first-order valence-corrected chi connectivity index (χ1v) is 29.5. The van der Waals surface area contributed by atoms with Crippen LogP contribution < -0.4 is 34.2 Å². The molecular weight excluding hydrogens is 1030 g/mol. The number of carbonyl (C=O) groups is 1. The molecule has 0 radical (unpaired) electrons. The molecule has 418 valence electrons. The number of sulfonamides is 1. The molecule has 17 nitrogen and oxygen atoms in total. The van der Waals surface area contributed by atoms with Gasteiger partial charge in [-0.2, -0.15) is 0 Å². The van der Waals surface area contributed by atoms with Crippen molar-refractivity contribution in [2.75, 3.05) is 83.5 Å². The Kier molecular flexibility index (Phi) is 16.0. The summed E-state index contributed by atoms with van der Waals surface area (Å²) in [5.74, 6) is 1.00. The Balaban J connectivity index is 0.864. The second-order valence-electron chi connectivity index (χ2n) is 21.9. The predicted octanol–water partition coefficient (Wildman–Crippen LogP) is 9.15. The Bertz CT molecular complexity index is 3350. The molecule has 4 N–H and O–H groups in total. The topological polar surface area (TPSA) is 191 Å². The normalized spacial score (nSPS) is 19.1. The first kappa shape index (κ1) is 54.4. The predicted molar refractivity (Wildman–Crippen MR) is 303 cm³/mol. The van der Waals surface area contributed by atoms with E-state index < -0.39 is 21.8 Å². The van der Waals surface area contributed by atoms with Crippen LogP contribution in [-0.4, -0.2) is 118 Å². The summed E-state index contributed by atoms with van der Waals surface area (Å²) in [5.41, 5.74) is 7.65. The van der Waals surface area contributed by atoms with Gasteiger partial charge in [0.2, 0.25) is 0 Å². The molecule has 19 heteroatoms. The number of nitrogens with one attached hydrogen (secondary N) is 4. The van der Waals surface area contributed by atoms with Gasteiger partial charge in [-0.05, 0) is 116 Å². The molecule has 79 heavy (non-hydrogen) atoms. The quantitative estimate of drug-likeness (QED) is 0.0562. The highest BCUT2D eigenvalue weighted by Gasteiger charge is 2.37. The Morgan fingerprint density at radius 1 is 0.949 bits per heavy atom. The Hall–Kier alpha value is -6.61. The van der Waals surface area contributed by atoms with E-state index in [4.69, 9.17) is 18.9 Å². The van der Waals surface area contributed by atoms with Crippen LogP contribution in [0.4, 0.5) is 21.5 Å². The summed E-state index contributed by atoms with van der Waals surface area (Å²) in [4.78, 5) is 33.8. The lowest BCUT2D eigenvalue weighted by molar-refractivity contribution is -0.750. The largest absolute Gasteiger partial charge is 0.629 e. The number of hydrogen-bond acceptors (Lipinski definition) is 14. The van der Waals surface area contributed by atoms with Crippen molar-refractivity contribution in [2.45, 2.75) is 101 Å². The van der Waals surface area contributed by atoms with Crippen LogP contribution in [0.25, 0.3) is 16.9 Å². The molecule has 1 unspecified atom stereocenters. The van der Waals surface area contributed by atoms with Crippen LogP contribution in [0.2, 0.25) is 0 Å². The second-order valence-corrected chi connectivity index (χ2v) is 23.6. The number of pyridine rings is 1. The van der Waals surface area contributed by atoms with E-state index in [1.54, 1.807) is 32.2 Å². The standard InChI is InChI=1S/C60H72FN9O8S/c1-6-77-60-54(31-47-48(61)17-18-49(47)65-60)78-53-30-42(14-16-46(53)59(71)66-79(73,74)55-32-50(67(4)72)56(58-57(55)63-36-64-58)62-33-38-21-27-76-28-22-38)69-23-19-41(20-24-69)70-26-25-68(35-51(70)45-10-8-7-9-43(45)37(2)3)34-39-11-15-44(40-12-13-40)52(29-39)75-5/h7-11,14-17,29-32,36-38,40-41,51,62,67H,6,12-13,18-28,33-35H2,1-5H3,(H,63,64)(H,66,71)/t51-/m0/s1. The number of H-pyrrole nitrogens is 1. The summed E-state index contributed by atoms with van der Waals surface area (Å²) >= 11 is 0. The number of hydroxylamine groups is 1. The number of hydrogen-bond donors (Lipinski definition) is 4. The number of piperidine rings is 1. The minimum Gasteiger partial charge on any atom is -0.629 e. The molecule has 3 aliphatic heterocycles. The van der Waals surface area contributed by atoms with Gasteiger partial charge in [-0.3, -0.25) is 14.6 Å². The van der Waals surface area contributed by atoms with Crippen molar-refractivity contribution < 1.29 is 41.6 Å². The van der Waals surface area contributed by atoms with E-state index in [2.05, 4.69) is 96.0 Å². The number of fused-ring (bicyclic) bond motifs is 2. The van der Waals surface area contributed by atoms with Crippen LogP contribution in [0.3, 0.4) is 0 Å². The number of rotatable bonds is 19. The van der Waals surface area contributed by atoms with E-state index in [1.165, 1.54) is 66.7 Å². The number of benzene rings is 4. The van der Waals surface area contributed by atoms with Crippen LogP contribution >= 0.6 is 0 Å². The van der Waals surface area contributed by atoms with Gasteiger partial charge >= 0.3 is 0 Å². The van der Waals surface area contributed by atoms with Gasteiger partial charge in [-0.25, -0.2) is 27.5 Å². The maximum atomic E-state index is 15.2. The fourth-order valence-corrected chi connectivity index (χ4v) is 13.3. The van der Waals surface area contributed by atoms with Crippen molar-refractivity contribution >= 4 is 49.9 Å². The van der Waals surface area contributed by atoms with Crippen molar-refractivity contribution in [3.05, 3.63) is 129 Å². The first-order chi connectivity index (χ1) is 38.3. The summed E-state index contributed by atoms with van der Waals surface area (Å²) in [6.07, 6.45) is 8.98. The van der Waals surface area contributed by atoms with Gasteiger partial charge in [0, 0.05) is 101 Å². The highest BCUT2D eigenvalue weighted by atomic mass is 32.2. The maximum absolute atomic E-state index is 15.2. The molecule has 0 bridgehead atoms. The molecule has 2 aromatic heterocycles. The molecule has 4 fully saturated rings. The lowest BCUT2D eigenvalue weighted by atomic mass is 9.88. The monoisotopic (exact) mass is 1100 g/mol. The van der Waals surface area contributed by atoms with Crippen molar-refractivity contribution in [1.82, 2.24) is 29.5 Å². The van der Waals surface area contributed by atoms with Gasteiger partial charge < -0.3 is 44.4 Å². The minimum absolute atomic E-state index is 0.0145. The maximum Gasteiger partial charge on any atom is 0.268 e. The number of nitrogens with zero attached hydrogens (tertiary/aromatic N) is 5. The number of ether oxygens (including phenoxy) is 4. The second kappa shape index (κ2) is 23.2. The van der Waals surface area contributed by atoms with Crippen molar-refractivity contribution in [1.29, 1.82) is 0 Å². The van der Waals surface area contributed by atoms with E-state index >= 15 is 4.39 Å². The summed E-state index contributed by atoms with van der Waals surface area (Å²) in [6.45, 7) is 13.4. The number of quaternary nitrogens is 1. The third-order valence-corrected chi connectivity index (χ3v) is 17.8.